The number of aromatic hydroxyl groups is 1. The molecule has 5 heteroatoms. The van der Waals surface area contributed by atoms with E-state index in [0.717, 1.165) is 5.56 Å². The monoisotopic (exact) mass is 202 g/mol. The molecular formula is C8H11O4P. The average Bonchev–Trinajstić information content (AvgIpc) is 2.05. The summed E-state index contributed by atoms with van der Waals surface area (Å²) >= 11 is 0. The fourth-order valence-electron chi connectivity index (χ4n) is 0.610. The summed E-state index contributed by atoms with van der Waals surface area (Å²) in [5.41, 5.74) is 1.02. The van der Waals surface area contributed by atoms with Crippen molar-refractivity contribution in [3.05, 3.63) is 36.4 Å². The van der Waals surface area contributed by atoms with Crippen LogP contribution in [0.1, 0.15) is 5.56 Å². The minimum absolute atomic E-state index is 0.292. The van der Waals surface area contributed by atoms with Gasteiger partial charge in [-0.1, -0.05) is 24.8 Å². The van der Waals surface area contributed by atoms with Crippen molar-refractivity contribution in [2.45, 2.75) is 0 Å². The largest absolute Gasteiger partial charge is 0.508 e. The van der Waals surface area contributed by atoms with Crippen LogP contribution in [0.15, 0.2) is 30.8 Å². The van der Waals surface area contributed by atoms with E-state index in [1.54, 1.807) is 18.2 Å². The fourth-order valence-corrected chi connectivity index (χ4v) is 0.610. The van der Waals surface area contributed by atoms with Gasteiger partial charge in [-0.15, -0.1) is 0 Å². The molecule has 0 saturated heterocycles. The van der Waals surface area contributed by atoms with Crippen molar-refractivity contribution in [1.82, 2.24) is 0 Å². The molecular weight excluding hydrogens is 191 g/mol. The Labute approximate surface area is 76.7 Å². The van der Waals surface area contributed by atoms with Gasteiger partial charge in [0.2, 0.25) is 0 Å². The Morgan fingerprint density at radius 3 is 1.92 bits per heavy atom. The van der Waals surface area contributed by atoms with Crippen LogP contribution in [0.3, 0.4) is 0 Å². The molecule has 1 aromatic carbocycles. The molecule has 72 valence electrons. The van der Waals surface area contributed by atoms with Crippen LogP contribution in [-0.2, 0) is 4.57 Å². The number of phenols is 1. The zero-order chi connectivity index (χ0) is 10.3. The van der Waals surface area contributed by atoms with Crippen LogP contribution in [0.2, 0.25) is 0 Å². The molecule has 1 aromatic rings. The summed E-state index contributed by atoms with van der Waals surface area (Å²) in [5, 5.41) is 8.82. The van der Waals surface area contributed by atoms with Crippen molar-refractivity contribution in [2.75, 3.05) is 0 Å². The summed E-state index contributed by atoms with van der Waals surface area (Å²) in [5.74, 6) is 0.292. The molecule has 0 unspecified atom stereocenters. The Bertz CT molecular complexity index is 277. The highest BCUT2D eigenvalue weighted by molar-refractivity contribution is 7.30. The van der Waals surface area contributed by atoms with E-state index in [9.17, 15) is 0 Å². The second-order valence-electron chi connectivity index (χ2n) is 2.08. The second-order valence-corrected chi connectivity index (χ2v) is 2.64. The maximum atomic E-state index is 8.82. The fraction of sp³-hybridized carbons (Fsp3) is 0. The van der Waals surface area contributed by atoms with Gasteiger partial charge in [-0.25, -0.2) is 0 Å². The molecule has 0 bridgehead atoms. The zero-order valence-corrected chi connectivity index (χ0v) is 7.84. The van der Waals surface area contributed by atoms with Gasteiger partial charge in [0.1, 0.15) is 5.75 Å². The smallest absolute Gasteiger partial charge is 0.314 e. The molecule has 0 amide bonds. The van der Waals surface area contributed by atoms with Crippen LogP contribution in [-0.4, -0.2) is 14.9 Å². The van der Waals surface area contributed by atoms with Crippen LogP contribution < -0.4 is 0 Å². The number of benzene rings is 1. The topological polar surface area (TPSA) is 77.8 Å². The third kappa shape index (κ3) is 7.28. The lowest BCUT2D eigenvalue weighted by Gasteiger charge is -1.90. The highest BCUT2D eigenvalue weighted by Crippen LogP contribution is 2.09. The Kier molecular flexibility index (Phi) is 5.89. The van der Waals surface area contributed by atoms with E-state index < -0.39 is 8.25 Å². The van der Waals surface area contributed by atoms with Crippen LogP contribution in [0.5, 0.6) is 5.75 Å². The van der Waals surface area contributed by atoms with Gasteiger partial charge in [0.05, 0.1) is 0 Å². The Morgan fingerprint density at radius 2 is 1.62 bits per heavy atom. The quantitative estimate of drug-likeness (QED) is 0.601. The SMILES string of the molecule is C=Cc1ccc(O)cc1.O=[PH](O)O. The second kappa shape index (κ2) is 6.43. The normalized spacial score (nSPS) is 8.85. The number of rotatable bonds is 1. The molecule has 0 atom stereocenters. The molecule has 0 saturated carbocycles. The lowest BCUT2D eigenvalue weighted by molar-refractivity contribution is 0.405. The average molecular weight is 202 g/mol. The molecule has 3 N–H and O–H groups in total. The number of hydrogen-bond donors (Lipinski definition) is 3. The van der Waals surface area contributed by atoms with E-state index in [0.29, 0.717) is 5.75 Å². The molecule has 0 spiro atoms. The third-order valence-corrected chi connectivity index (χ3v) is 1.13. The predicted octanol–water partition coefficient (Wildman–Crippen LogP) is 1.40. The lowest BCUT2D eigenvalue weighted by Crippen LogP contribution is -1.67. The van der Waals surface area contributed by atoms with Crippen LogP contribution in [0.4, 0.5) is 0 Å². The van der Waals surface area contributed by atoms with Crippen LogP contribution in [0.25, 0.3) is 6.08 Å². The standard InChI is InChI=1S/C8H8O.H3O3P/c1-2-7-3-5-8(9)6-4-7;1-4(2)3/h2-6,9H,1H2;4H,(H2,1,2,3). The molecule has 0 aliphatic rings. The van der Waals surface area contributed by atoms with Crippen molar-refractivity contribution in [2.24, 2.45) is 0 Å². The maximum Gasteiger partial charge on any atom is 0.314 e. The number of phenolic OH excluding ortho intramolecular Hbond substituents is 1. The van der Waals surface area contributed by atoms with Gasteiger partial charge in [-0.05, 0) is 17.7 Å². The summed E-state index contributed by atoms with van der Waals surface area (Å²) in [6, 6.07) is 6.89. The molecule has 0 fully saturated rings. The van der Waals surface area contributed by atoms with E-state index in [2.05, 4.69) is 6.58 Å². The van der Waals surface area contributed by atoms with Crippen molar-refractivity contribution in [3.8, 4) is 5.75 Å². The van der Waals surface area contributed by atoms with Gasteiger partial charge in [0, 0.05) is 0 Å². The van der Waals surface area contributed by atoms with E-state index in [1.807, 2.05) is 12.1 Å². The van der Waals surface area contributed by atoms with Gasteiger partial charge in [0.25, 0.3) is 0 Å². The van der Waals surface area contributed by atoms with Crippen LogP contribution in [0, 0.1) is 0 Å². The van der Waals surface area contributed by atoms with Gasteiger partial charge in [-0.2, -0.15) is 0 Å². The van der Waals surface area contributed by atoms with E-state index in [1.165, 1.54) is 0 Å². The molecule has 0 aliphatic carbocycles. The number of hydrogen-bond acceptors (Lipinski definition) is 2. The van der Waals surface area contributed by atoms with Gasteiger partial charge < -0.3 is 14.9 Å². The first-order valence-corrected chi connectivity index (χ1v) is 4.70. The Hall–Kier alpha value is -1.09. The molecule has 13 heavy (non-hydrogen) atoms. The van der Waals surface area contributed by atoms with Crippen molar-refractivity contribution in [1.29, 1.82) is 0 Å². The lowest BCUT2D eigenvalue weighted by atomic mass is 10.2. The first-order chi connectivity index (χ1) is 6.06. The third-order valence-electron chi connectivity index (χ3n) is 1.13. The predicted molar refractivity (Wildman–Crippen MR) is 51.6 cm³/mol. The van der Waals surface area contributed by atoms with Crippen molar-refractivity contribution in [3.63, 3.8) is 0 Å². The van der Waals surface area contributed by atoms with E-state index in [4.69, 9.17) is 19.5 Å². The van der Waals surface area contributed by atoms with E-state index >= 15 is 0 Å². The molecule has 0 heterocycles. The van der Waals surface area contributed by atoms with Crippen molar-refractivity contribution < 1.29 is 19.5 Å². The zero-order valence-electron chi connectivity index (χ0n) is 6.84. The first kappa shape index (κ1) is 11.9. The summed E-state index contributed by atoms with van der Waals surface area (Å²) in [6.45, 7) is 3.58. The summed E-state index contributed by atoms with van der Waals surface area (Å²) in [4.78, 5) is 14.3. The molecule has 0 aromatic heterocycles. The van der Waals surface area contributed by atoms with Gasteiger partial charge >= 0.3 is 8.25 Å². The first-order valence-electron chi connectivity index (χ1n) is 3.39. The summed E-state index contributed by atoms with van der Waals surface area (Å²) in [6.07, 6.45) is 1.74. The molecule has 0 radical (unpaired) electrons. The van der Waals surface area contributed by atoms with Gasteiger partial charge in [0.15, 0.2) is 0 Å². The summed E-state index contributed by atoms with van der Waals surface area (Å²) in [7, 11) is -3.13. The van der Waals surface area contributed by atoms with E-state index in [-0.39, 0.29) is 0 Å². The molecule has 4 nitrogen and oxygen atoms in total. The minimum Gasteiger partial charge on any atom is -0.508 e. The van der Waals surface area contributed by atoms with Gasteiger partial charge in [-0.3, -0.25) is 4.57 Å². The highest BCUT2D eigenvalue weighted by Gasteiger charge is 1.84. The Morgan fingerprint density at radius 1 is 1.23 bits per heavy atom. The minimum atomic E-state index is -3.13. The molecule has 0 aliphatic heterocycles. The maximum absolute atomic E-state index is 8.82. The van der Waals surface area contributed by atoms with Crippen molar-refractivity contribution >= 4 is 14.3 Å². The Balaban J connectivity index is 0.000000310. The molecule has 1 rings (SSSR count). The van der Waals surface area contributed by atoms with Crippen LogP contribution >= 0.6 is 8.25 Å². The highest BCUT2D eigenvalue weighted by atomic mass is 31.1. The summed E-state index contributed by atoms with van der Waals surface area (Å²) < 4.78 is 8.74.